The number of aromatic nitrogens is 2. The molecule has 0 atom stereocenters. The molecule has 0 bridgehead atoms. The number of nitrogens with zero attached hydrogens (tertiary/aromatic N) is 4. The Morgan fingerprint density at radius 3 is 1.59 bits per heavy atom. The van der Waals surface area contributed by atoms with Gasteiger partial charge in [0.2, 0.25) is 0 Å². The zero-order valence-electron chi connectivity index (χ0n) is 32.8. The first-order valence-electron chi connectivity index (χ1n) is 20.5. The summed E-state index contributed by atoms with van der Waals surface area (Å²) in [5, 5.41) is 7.63. The number of fused-ring (bicyclic) bond motifs is 4. The molecule has 2 fully saturated rings. The van der Waals surface area contributed by atoms with E-state index in [-0.39, 0.29) is 0 Å². The SMILES string of the molecule is NC1CCN(Cc2cc(Cl)c3cncc(-c4cc5ccccc5o4)c3c2)CC1.O=C[B]CC1CCN(Cc2cc(Cl)c3cncc(-c4cc5ccccc5o4)c3c2)CC1. The Morgan fingerprint density at radius 1 is 0.644 bits per heavy atom. The van der Waals surface area contributed by atoms with Gasteiger partial charge in [-0.05, 0) is 128 Å². The number of furan rings is 2. The molecule has 2 N–H and O–H groups in total. The van der Waals surface area contributed by atoms with Gasteiger partial charge in [0.1, 0.15) is 22.7 Å². The van der Waals surface area contributed by atoms with Crippen LogP contribution in [0.1, 0.15) is 36.8 Å². The Morgan fingerprint density at radius 2 is 1.12 bits per heavy atom. The zero-order valence-corrected chi connectivity index (χ0v) is 34.3. The van der Waals surface area contributed by atoms with E-state index in [1.165, 1.54) is 11.1 Å². The predicted octanol–water partition coefficient (Wildman–Crippen LogP) is 11.1. The highest BCUT2D eigenvalue weighted by Gasteiger charge is 2.21. The predicted molar refractivity (Wildman–Crippen MR) is 242 cm³/mol. The van der Waals surface area contributed by atoms with Gasteiger partial charge in [0.25, 0.3) is 0 Å². The number of carbonyl (C=O) groups excluding carboxylic acids is 1. The van der Waals surface area contributed by atoms with Gasteiger partial charge in [-0.15, -0.1) is 0 Å². The highest BCUT2D eigenvalue weighted by Crippen LogP contribution is 2.38. The third kappa shape index (κ3) is 8.81. The summed E-state index contributed by atoms with van der Waals surface area (Å²) < 4.78 is 12.2. The molecule has 4 aromatic carbocycles. The zero-order chi connectivity index (χ0) is 40.3. The molecule has 59 heavy (non-hydrogen) atoms. The lowest BCUT2D eigenvalue weighted by Crippen LogP contribution is -2.39. The fraction of sp³-hybridized carbons (Fsp3) is 0.271. The number of nitrogens with two attached hydrogens (primary N) is 1. The lowest BCUT2D eigenvalue weighted by molar-refractivity contribution is 0.185. The molecule has 0 amide bonds. The molecular weight excluding hydrogens is 776 g/mol. The number of para-hydroxylation sites is 2. The molecule has 0 unspecified atom stereocenters. The largest absolute Gasteiger partial charge is 0.456 e. The Kier molecular flexibility index (Phi) is 11.8. The molecule has 8 aromatic rings. The van der Waals surface area contributed by atoms with Crippen LogP contribution in [0.4, 0.5) is 0 Å². The third-order valence-electron chi connectivity index (χ3n) is 11.9. The molecule has 6 heterocycles. The summed E-state index contributed by atoms with van der Waals surface area (Å²) in [6.07, 6.45) is 13.5. The van der Waals surface area contributed by atoms with Crippen molar-refractivity contribution >= 4 is 80.2 Å². The van der Waals surface area contributed by atoms with Crippen molar-refractivity contribution in [2.45, 2.75) is 51.1 Å². The van der Waals surface area contributed by atoms with Crippen molar-refractivity contribution in [3.8, 4) is 22.6 Å². The van der Waals surface area contributed by atoms with Gasteiger partial charge in [0.15, 0.2) is 7.28 Å². The Balaban J connectivity index is 0.000000153. The van der Waals surface area contributed by atoms with E-state index in [2.05, 4.69) is 68.3 Å². The van der Waals surface area contributed by atoms with Crippen molar-refractivity contribution in [2.75, 3.05) is 26.2 Å². The lowest BCUT2D eigenvalue weighted by atomic mass is 9.69. The number of rotatable bonds is 9. The van der Waals surface area contributed by atoms with E-state index < -0.39 is 0 Å². The van der Waals surface area contributed by atoms with Crippen LogP contribution in [0.5, 0.6) is 0 Å². The van der Waals surface area contributed by atoms with E-state index >= 15 is 0 Å². The fourth-order valence-electron chi connectivity index (χ4n) is 8.63. The summed E-state index contributed by atoms with van der Waals surface area (Å²) >= 11 is 13.3. The molecule has 11 heteroatoms. The standard InChI is InChI=1S/C25H23BClN2O2.C23H22ClN3O/c27-23-10-18(15-29-7-5-17(6-8-29)12-26-16-30)9-20-21(23)13-28-14-22(20)25-11-19-3-1-2-4-24(19)31-25;24-21-10-15(14-27-7-5-17(25)6-8-27)9-18-19(21)12-26-13-20(18)23-11-16-3-1-2-4-22(16)28-23/h1-4,9-11,13-14,16-17H,5-8,12,15H2;1-4,9-13,17H,5-8,14,25H2. The number of benzene rings is 4. The Labute approximate surface area is 354 Å². The number of piperidine rings is 2. The lowest BCUT2D eigenvalue weighted by Gasteiger charge is -2.31. The summed E-state index contributed by atoms with van der Waals surface area (Å²) in [7, 11) is 1.75. The summed E-state index contributed by atoms with van der Waals surface area (Å²) in [4.78, 5) is 24.3. The molecule has 1 radical (unpaired) electrons. The van der Waals surface area contributed by atoms with Gasteiger partial charge in [0, 0.05) is 76.6 Å². The molecular formula is C48H45BCl2N5O3. The van der Waals surface area contributed by atoms with Gasteiger partial charge < -0.3 is 19.4 Å². The van der Waals surface area contributed by atoms with Crippen LogP contribution in [0.2, 0.25) is 16.4 Å². The van der Waals surface area contributed by atoms with E-state index in [1.54, 1.807) is 7.28 Å². The van der Waals surface area contributed by atoms with Crippen molar-refractivity contribution in [1.82, 2.24) is 19.8 Å². The van der Waals surface area contributed by atoms with Crippen molar-refractivity contribution < 1.29 is 13.6 Å². The second kappa shape index (κ2) is 17.7. The second-order valence-corrected chi connectivity index (χ2v) is 16.8. The molecule has 2 aliphatic heterocycles. The third-order valence-corrected chi connectivity index (χ3v) is 12.5. The van der Waals surface area contributed by atoms with Gasteiger partial charge in [0.05, 0.1) is 16.2 Å². The first-order valence-corrected chi connectivity index (χ1v) is 21.2. The summed E-state index contributed by atoms with van der Waals surface area (Å²) in [6.45, 7) is 5.89. The van der Waals surface area contributed by atoms with Crippen molar-refractivity contribution in [1.29, 1.82) is 0 Å². The average Bonchev–Trinajstić information content (AvgIpc) is 3.89. The molecule has 0 aliphatic carbocycles. The van der Waals surface area contributed by atoms with Crippen LogP contribution in [-0.4, -0.2) is 65.5 Å². The monoisotopic (exact) mass is 820 g/mol. The van der Waals surface area contributed by atoms with E-state index in [4.69, 9.17) is 37.8 Å². The first kappa shape index (κ1) is 39.4. The number of likely N-dealkylation sites (tertiary alicyclic amines) is 2. The maximum atomic E-state index is 10.6. The molecule has 297 valence electrons. The minimum Gasteiger partial charge on any atom is -0.456 e. The average molecular weight is 822 g/mol. The van der Waals surface area contributed by atoms with Crippen LogP contribution in [-0.2, 0) is 17.9 Å². The van der Waals surface area contributed by atoms with Gasteiger partial charge in [-0.2, -0.15) is 0 Å². The summed E-state index contributed by atoms with van der Waals surface area (Å²) in [5.41, 5.74) is 12.1. The van der Waals surface area contributed by atoms with Gasteiger partial charge in [-0.25, -0.2) is 0 Å². The topological polar surface area (TPSA) is 102 Å². The summed E-state index contributed by atoms with van der Waals surface area (Å²) in [5.74, 6) is 2.24. The first-order chi connectivity index (χ1) is 28.9. The van der Waals surface area contributed by atoms with Crippen molar-refractivity contribution in [3.05, 3.63) is 131 Å². The van der Waals surface area contributed by atoms with Gasteiger partial charge in [-0.1, -0.05) is 65.9 Å². The smallest absolute Gasteiger partial charge is 0.197 e. The second-order valence-electron chi connectivity index (χ2n) is 16.0. The van der Waals surface area contributed by atoms with Crippen LogP contribution in [0.3, 0.4) is 0 Å². The number of carbonyl (C=O) groups is 1. The molecule has 0 saturated carbocycles. The van der Waals surface area contributed by atoms with Gasteiger partial charge >= 0.3 is 0 Å². The number of hydrogen-bond donors (Lipinski definition) is 1. The number of pyridine rings is 2. The van der Waals surface area contributed by atoms with Crippen LogP contribution in [0.15, 0.2) is 119 Å². The van der Waals surface area contributed by atoms with Crippen molar-refractivity contribution in [3.63, 3.8) is 0 Å². The molecule has 8 nitrogen and oxygen atoms in total. The summed E-state index contributed by atoms with van der Waals surface area (Å²) in [6, 6.07) is 29.1. The normalized spacial score (nSPS) is 15.8. The molecule has 10 rings (SSSR count). The van der Waals surface area contributed by atoms with E-state index in [9.17, 15) is 4.79 Å². The quantitative estimate of drug-likeness (QED) is 0.113. The molecule has 4 aromatic heterocycles. The van der Waals surface area contributed by atoms with E-state index in [0.717, 1.165) is 149 Å². The van der Waals surface area contributed by atoms with E-state index in [1.807, 2.05) is 61.2 Å². The molecule has 2 saturated heterocycles. The Hall–Kier alpha value is -5.03. The number of hydrogen-bond acceptors (Lipinski definition) is 8. The minimum atomic E-state index is 0.335. The number of halogens is 2. The van der Waals surface area contributed by atoms with Crippen LogP contribution >= 0.6 is 23.2 Å². The van der Waals surface area contributed by atoms with Crippen LogP contribution in [0, 0.1) is 5.92 Å². The van der Waals surface area contributed by atoms with Crippen molar-refractivity contribution in [2.24, 2.45) is 11.7 Å². The van der Waals surface area contributed by atoms with Gasteiger partial charge in [-0.3, -0.25) is 19.8 Å². The Bertz CT molecular complexity index is 2690. The minimum absolute atomic E-state index is 0.335. The fourth-order valence-corrected chi connectivity index (χ4v) is 9.21. The van der Waals surface area contributed by atoms with Crippen LogP contribution < -0.4 is 5.73 Å². The highest BCUT2D eigenvalue weighted by molar-refractivity contribution is 6.66. The van der Waals surface area contributed by atoms with Crippen LogP contribution in [0.25, 0.3) is 66.1 Å². The molecule has 2 aliphatic rings. The highest BCUT2D eigenvalue weighted by atomic mass is 35.5. The maximum absolute atomic E-state index is 10.6. The maximum Gasteiger partial charge on any atom is 0.197 e. The molecule has 0 spiro atoms. The van der Waals surface area contributed by atoms with E-state index in [0.29, 0.717) is 17.0 Å².